The van der Waals surface area contributed by atoms with E-state index < -0.39 is 5.97 Å². The summed E-state index contributed by atoms with van der Waals surface area (Å²) in [6.45, 7) is 1.80. The van der Waals surface area contributed by atoms with Crippen molar-refractivity contribution in [2.75, 3.05) is 7.11 Å². The minimum Gasteiger partial charge on any atom is -0.465 e. The maximum Gasteiger partial charge on any atom is 0.337 e. The maximum atomic E-state index is 11.7. The molecule has 5 heteroatoms. The first-order chi connectivity index (χ1) is 10.6. The van der Waals surface area contributed by atoms with Crippen LogP contribution in [0.15, 0.2) is 36.4 Å². The van der Waals surface area contributed by atoms with E-state index in [1.54, 1.807) is 18.2 Å². The number of aromatic nitrogens is 2. The number of nitrogens with zero attached hydrogens (tertiary/aromatic N) is 1. The molecule has 0 atom stereocenters. The average molecular weight is 296 g/mol. The molecule has 0 saturated carbocycles. The van der Waals surface area contributed by atoms with Gasteiger partial charge >= 0.3 is 5.97 Å². The van der Waals surface area contributed by atoms with Crippen LogP contribution in [-0.4, -0.2) is 28.2 Å². The smallest absolute Gasteiger partial charge is 0.337 e. The van der Waals surface area contributed by atoms with Gasteiger partial charge in [-0.1, -0.05) is 12.1 Å². The highest BCUT2D eigenvalue weighted by molar-refractivity contribution is 5.92. The van der Waals surface area contributed by atoms with E-state index in [0.717, 1.165) is 33.5 Å². The first-order valence-corrected chi connectivity index (χ1v) is 6.91. The summed E-state index contributed by atoms with van der Waals surface area (Å²) in [5, 5.41) is 9.55. The molecule has 1 heterocycles. The number of carbonyl (C=O) groups excluding carboxylic acids is 1. The highest BCUT2D eigenvalue weighted by Crippen LogP contribution is 2.28. The molecule has 0 amide bonds. The molecule has 0 bridgehead atoms. The van der Waals surface area contributed by atoms with Gasteiger partial charge in [0.2, 0.25) is 0 Å². The molecule has 0 saturated heterocycles. The van der Waals surface area contributed by atoms with Crippen LogP contribution in [0.5, 0.6) is 0 Å². The fourth-order valence-corrected chi connectivity index (χ4v) is 2.53. The first kappa shape index (κ1) is 14.3. The Labute approximate surface area is 127 Å². The summed E-state index contributed by atoms with van der Waals surface area (Å²) in [7, 11) is 1.35. The number of fused-ring (bicyclic) bond motifs is 1. The van der Waals surface area contributed by atoms with Gasteiger partial charge in [0.25, 0.3) is 0 Å². The lowest BCUT2D eigenvalue weighted by Crippen LogP contribution is -2.02. The van der Waals surface area contributed by atoms with Gasteiger partial charge in [-0.15, -0.1) is 0 Å². The van der Waals surface area contributed by atoms with Gasteiger partial charge in [0.05, 0.1) is 30.3 Å². The Hall–Kier alpha value is -2.66. The maximum absolute atomic E-state index is 11.7. The predicted molar refractivity (Wildman–Crippen MR) is 83.5 cm³/mol. The van der Waals surface area contributed by atoms with Crippen molar-refractivity contribution >= 4 is 17.0 Å². The third-order valence-electron chi connectivity index (χ3n) is 3.61. The standard InChI is InChI=1S/C17H16N2O3/c1-10-18-15-6-5-11(8-16(15)19-10)14-7-12(17(21)22-2)3-4-13(14)9-20/h3-8,20H,9H2,1-2H3,(H,18,19). The minimum atomic E-state index is -0.399. The number of aliphatic hydroxyl groups is 1. The summed E-state index contributed by atoms with van der Waals surface area (Å²) in [6, 6.07) is 10.9. The summed E-state index contributed by atoms with van der Waals surface area (Å²) in [4.78, 5) is 19.3. The molecule has 0 aliphatic heterocycles. The molecule has 2 aromatic carbocycles. The highest BCUT2D eigenvalue weighted by Gasteiger charge is 2.12. The van der Waals surface area contributed by atoms with Gasteiger partial charge in [0.1, 0.15) is 5.82 Å². The van der Waals surface area contributed by atoms with E-state index in [9.17, 15) is 9.90 Å². The second kappa shape index (κ2) is 5.61. The SMILES string of the molecule is COC(=O)c1ccc(CO)c(-c2ccc3nc(C)[nH]c3c2)c1. The second-order valence-corrected chi connectivity index (χ2v) is 5.08. The fraction of sp³-hybridized carbons (Fsp3) is 0.176. The number of imidazole rings is 1. The van der Waals surface area contributed by atoms with Gasteiger partial charge in [0.15, 0.2) is 0 Å². The number of aryl methyl sites for hydroxylation is 1. The van der Waals surface area contributed by atoms with Crippen molar-refractivity contribution in [3.05, 3.63) is 53.3 Å². The Balaban J connectivity index is 2.16. The molecule has 2 N–H and O–H groups in total. The molecule has 22 heavy (non-hydrogen) atoms. The van der Waals surface area contributed by atoms with Crippen molar-refractivity contribution in [1.82, 2.24) is 9.97 Å². The summed E-state index contributed by atoms with van der Waals surface area (Å²) >= 11 is 0. The Morgan fingerprint density at radius 1 is 1.27 bits per heavy atom. The van der Waals surface area contributed by atoms with E-state index >= 15 is 0 Å². The summed E-state index contributed by atoms with van der Waals surface area (Å²) in [5.74, 6) is 0.446. The van der Waals surface area contributed by atoms with Crippen molar-refractivity contribution in [3.8, 4) is 11.1 Å². The quantitative estimate of drug-likeness (QED) is 0.729. The Bertz CT molecular complexity index is 852. The number of hydrogen-bond acceptors (Lipinski definition) is 4. The van der Waals surface area contributed by atoms with Crippen molar-refractivity contribution < 1.29 is 14.6 Å². The van der Waals surface area contributed by atoms with Crippen molar-refractivity contribution in [1.29, 1.82) is 0 Å². The summed E-state index contributed by atoms with van der Waals surface area (Å²) < 4.78 is 4.76. The van der Waals surface area contributed by atoms with Crippen molar-refractivity contribution in [2.24, 2.45) is 0 Å². The van der Waals surface area contributed by atoms with Crippen LogP contribution in [0.1, 0.15) is 21.7 Å². The Kier molecular flexibility index (Phi) is 3.65. The number of aromatic amines is 1. The fourth-order valence-electron chi connectivity index (χ4n) is 2.53. The lowest BCUT2D eigenvalue weighted by atomic mass is 9.97. The van der Waals surface area contributed by atoms with Crippen LogP contribution in [0.2, 0.25) is 0 Å². The lowest BCUT2D eigenvalue weighted by Gasteiger charge is -2.10. The number of ether oxygens (including phenoxy) is 1. The number of carbonyl (C=O) groups is 1. The normalized spacial score (nSPS) is 10.9. The number of benzene rings is 2. The van der Waals surface area contributed by atoms with Crippen LogP contribution in [-0.2, 0) is 11.3 Å². The largest absolute Gasteiger partial charge is 0.465 e. The van der Waals surface area contributed by atoms with Crippen LogP contribution < -0.4 is 0 Å². The number of H-pyrrole nitrogens is 1. The van der Waals surface area contributed by atoms with E-state index in [4.69, 9.17) is 4.74 Å². The highest BCUT2D eigenvalue weighted by atomic mass is 16.5. The van der Waals surface area contributed by atoms with Gasteiger partial charge in [-0.2, -0.15) is 0 Å². The molecule has 3 aromatic rings. The summed E-state index contributed by atoms with van der Waals surface area (Å²) in [5.41, 5.74) is 4.72. The number of rotatable bonds is 3. The number of esters is 1. The zero-order chi connectivity index (χ0) is 15.7. The lowest BCUT2D eigenvalue weighted by molar-refractivity contribution is 0.0600. The number of aliphatic hydroxyl groups excluding tert-OH is 1. The van der Waals surface area contributed by atoms with E-state index in [2.05, 4.69) is 9.97 Å². The molecule has 0 spiro atoms. The van der Waals surface area contributed by atoms with E-state index in [-0.39, 0.29) is 6.61 Å². The molecule has 0 aliphatic rings. The monoisotopic (exact) mass is 296 g/mol. The van der Waals surface area contributed by atoms with Crippen LogP contribution in [0, 0.1) is 6.92 Å². The Morgan fingerprint density at radius 3 is 2.82 bits per heavy atom. The van der Waals surface area contributed by atoms with Gasteiger partial charge in [-0.05, 0) is 47.9 Å². The molecule has 3 rings (SSSR count). The van der Waals surface area contributed by atoms with Crippen LogP contribution in [0.25, 0.3) is 22.2 Å². The number of methoxy groups -OCH3 is 1. The topological polar surface area (TPSA) is 75.2 Å². The molecule has 5 nitrogen and oxygen atoms in total. The molecule has 0 aliphatic carbocycles. The van der Waals surface area contributed by atoms with Crippen LogP contribution in [0.4, 0.5) is 0 Å². The zero-order valence-corrected chi connectivity index (χ0v) is 12.4. The number of nitrogens with one attached hydrogen (secondary N) is 1. The first-order valence-electron chi connectivity index (χ1n) is 6.91. The third-order valence-corrected chi connectivity index (χ3v) is 3.61. The molecule has 0 radical (unpaired) electrons. The van der Waals surface area contributed by atoms with Gasteiger partial charge in [-0.3, -0.25) is 0 Å². The molecular formula is C17H16N2O3. The molecule has 112 valence electrons. The number of hydrogen-bond donors (Lipinski definition) is 2. The average Bonchev–Trinajstić information content (AvgIpc) is 2.92. The van der Waals surface area contributed by atoms with Gasteiger partial charge in [-0.25, -0.2) is 9.78 Å². The minimum absolute atomic E-state index is 0.100. The zero-order valence-electron chi connectivity index (χ0n) is 12.4. The van der Waals surface area contributed by atoms with E-state index in [1.165, 1.54) is 7.11 Å². The van der Waals surface area contributed by atoms with Crippen molar-refractivity contribution in [2.45, 2.75) is 13.5 Å². The van der Waals surface area contributed by atoms with Gasteiger partial charge in [0, 0.05) is 0 Å². The molecule has 0 unspecified atom stereocenters. The van der Waals surface area contributed by atoms with Gasteiger partial charge < -0.3 is 14.8 Å². The van der Waals surface area contributed by atoms with Crippen LogP contribution in [0.3, 0.4) is 0 Å². The second-order valence-electron chi connectivity index (χ2n) is 5.08. The predicted octanol–water partition coefficient (Wildman–Crippen LogP) is 2.82. The van der Waals surface area contributed by atoms with E-state index in [0.29, 0.717) is 5.56 Å². The molecule has 0 fully saturated rings. The van der Waals surface area contributed by atoms with E-state index in [1.807, 2.05) is 25.1 Å². The summed E-state index contributed by atoms with van der Waals surface area (Å²) in [6.07, 6.45) is 0. The van der Waals surface area contributed by atoms with Crippen molar-refractivity contribution in [3.63, 3.8) is 0 Å². The molecule has 1 aromatic heterocycles. The molecular weight excluding hydrogens is 280 g/mol. The third kappa shape index (κ3) is 2.46. The Morgan fingerprint density at radius 2 is 2.09 bits per heavy atom. The van der Waals surface area contributed by atoms with Crippen LogP contribution >= 0.6 is 0 Å².